The number of hydrogen-bond donors (Lipinski definition) is 4. The molecule has 0 aromatic carbocycles. The van der Waals surface area contributed by atoms with Gasteiger partial charge in [0.2, 0.25) is 0 Å². The summed E-state index contributed by atoms with van der Waals surface area (Å²) in [4.78, 5) is 5.77. The van der Waals surface area contributed by atoms with E-state index in [4.69, 9.17) is 22.1 Å². The van der Waals surface area contributed by atoms with E-state index >= 15 is 0 Å². The van der Waals surface area contributed by atoms with Gasteiger partial charge in [-0.15, -0.1) is 0 Å². The Balaban J connectivity index is 2.18. The van der Waals surface area contributed by atoms with Crippen LogP contribution in [0.25, 0.3) is 11.0 Å². The first-order valence-corrected chi connectivity index (χ1v) is 7.89. The van der Waals surface area contributed by atoms with Gasteiger partial charge < -0.3 is 25.0 Å². The van der Waals surface area contributed by atoms with E-state index in [2.05, 4.69) is 9.97 Å². The lowest BCUT2D eigenvalue weighted by Crippen LogP contribution is -2.32. The van der Waals surface area contributed by atoms with Gasteiger partial charge in [-0.2, -0.15) is 13.2 Å². The summed E-state index contributed by atoms with van der Waals surface area (Å²) in [5, 5.41) is 29.1. The summed E-state index contributed by atoms with van der Waals surface area (Å²) < 4.78 is 58.1. The Kier molecular flexibility index (Phi) is 4.78. The normalized spacial score (nSPS) is 26.6. The van der Waals surface area contributed by atoms with Crippen LogP contribution >= 0.6 is 12.2 Å². The molecule has 3 rings (SSSR count). The van der Waals surface area contributed by atoms with E-state index in [1.54, 1.807) is 0 Å². The van der Waals surface area contributed by atoms with Crippen molar-refractivity contribution in [2.75, 3.05) is 6.61 Å². The molecule has 1 saturated heterocycles. The SMILES string of the molecule is Cc1c(F)c(C(F)(F)F)nc2[nH]c(=S)c(C3OC(CO)C(O)C3O)cc12. The van der Waals surface area contributed by atoms with Crippen molar-refractivity contribution in [3.05, 3.63) is 33.3 Å². The van der Waals surface area contributed by atoms with Crippen LogP contribution in [0.1, 0.15) is 22.9 Å². The second-order valence-corrected chi connectivity index (χ2v) is 6.38. The highest BCUT2D eigenvalue weighted by Crippen LogP contribution is 2.37. The largest absolute Gasteiger partial charge is 0.436 e. The quantitative estimate of drug-likeness (QED) is 0.459. The van der Waals surface area contributed by atoms with E-state index in [0.717, 1.165) is 6.92 Å². The van der Waals surface area contributed by atoms with Crippen LogP contribution in [0, 0.1) is 17.4 Å². The number of alkyl halides is 3. The summed E-state index contributed by atoms with van der Waals surface area (Å²) in [6, 6.07) is 1.26. The number of aryl methyl sites for hydroxylation is 1. The average molecular weight is 394 g/mol. The summed E-state index contributed by atoms with van der Waals surface area (Å²) >= 11 is 5.09. The average Bonchev–Trinajstić information content (AvgIpc) is 2.84. The Hall–Kier alpha value is -1.66. The van der Waals surface area contributed by atoms with E-state index in [1.807, 2.05) is 0 Å². The first kappa shape index (κ1) is 19.1. The molecule has 142 valence electrons. The second-order valence-electron chi connectivity index (χ2n) is 5.97. The molecular weight excluding hydrogens is 380 g/mol. The Labute approximate surface area is 149 Å². The minimum absolute atomic E-state index is 0.0249. The fourth-order valence-corrected chi connectivity index (χ4v) is 3.19. The number of halogens is 4. The van der Waals surface area contributed by atoms with Gasteiger partial charge in [-0.1, -0.05) is 12.2 Å². The number of aliphatic hydroxyl groups excluding tert-OH is 3. The van der Waals surface area contributed by atoms with Crippen LogP contribution in [0.4, 0.5) is 17.6 Å². The molecule has 26 heavy (non-hydrogen) atoms. The van der Waals surface area contributed by atoms with Crippen molar-refractivity contribution in [1.82, 2.24) is 9.97 Å². The first-order valence-electron chi connectivity index (χ1n) is 7.49. The Bertz CT molecular complexity index is 917. The number of ether oxygens (including phenoxy) is 1. The Morgan fingerprint density at radius 2 is 1.96 bits per heavy atom. The standard InChI is InChI=1S/C15H14F4N2O4S/c1-4-5-2-6(11-10(24)9(23)7(3-22)25-11)14(26)21-13(5)20-12(8(4)16)15(17,18)19/h2,7,9-11,22-24H,3H2,1H3,(H,20,21,26). The van der Waals surface area contributed by atoms with Crippen molar-refractivity contribution in [1.29, 1.82) is 0 Å². The first-order chi connectivity index (χ1) is 12.1. The zero-order valence-corrected chi connectivity index (χ0v) is 14.0. The molecule has 1 aliphatic rings. The second kappa shape index (κ2) is 6.50. The molecule has 2 aromatic rings. The van der Waals surface area contributed by atoms with Crippen LogP contribution in [0.2, 0.25) is 0 Å². The maximum atomic E-state index is 14.1. The smallest absolute Gasteiger partial charge is 0.394 e. The third kappa shape index (κ3) is 2.99. The Morgan fingerprint density at radius 1 is 1.31 bits per heavy atom. The Morgan fingerprint density at radius 3 is 2.50 bits per heavy atom. The van der Waals surface area contributed by atoms with Crippen LogP contribution in [-0.4, -0.2) is 50.2 Å². The molecule has 0 aliphatic carbocycles. The number of hydrogen-bond acceptors (Lipinski definition) is 6. The molecule has 4 atom stereocenters. The number of nitrogens with one attached hydrogen (secondary N) is 1. The summed E-state index contributed by atoms with van der Waals surface area (Å²) in [6.07, 6.45) is -9.96. The third-order valence-electron chi connectivity index (χ3n) is 4.33. The van der Waals surface area contributed by atoms with Crippen molar-refractivity contribution in [3.8, 4) is 0 Å². The summed E-state index contributed by atoms with van der Waals surface area (Å²) in [5.41, 5.74) is -2.09. The van der Waals surface area contributed by atoms with Gasteiger partial charge in [0.15, 0.2) is 11.5 Å². The van der Waals surface area contributed by atoms with Gasteiger partial charge in [0, 0.05) is 10.9 Å². The predicted molar refractivity (Wildman–Crippen MR) is 83.3 cm³/mol. The zero-order chi connectivity index (χ0) is 19.4. The van der Waals surface area contributed by atoms with Gasteiger partial charge in [0.05, 0.1) is 6.61 Å². The molecular formula is C15H14F4N2O4S. The maximum Gasteiger partial charge on any atom is 0.436 e. The van der Waals surface area contributed by atoms with Crippen molar-refractivity contribution < 1.29 is 37.6 Å². The molecule has 3 heterocycles. The number of H-pyrrole nitrogens is 1. The van der Waals surface area contributed by atoms with Crippen LogP contribution in [0.3, 0.4) is 0 Å². The number of aromatic amines is 1. The van der Waals surface area contributed by atoms with Crippen LogP contribution < -0.4 is 0 Å². The number of pyridine rings is 2. The van der Waals surface area contributed by atoms with Crippen LogP contribution in [-0.2, 0) is 10.9 Å². The van der Waals surface area contributed by atoms with E-state index in [9.17, 15) is 27.8 Å². The highest BCUT2D eigenvalue weighted by atomic mass is 32.1. The molecule has 0 amide bonds. The van der Waals surface area contributed by atoms with E-state index < -0.39 is 48.7 Å². The molecule has 4 unspecified atom stereocenters. The molecule has 11 heteroatoms. The van der Waals surface area contributed by atoms with E-state index in [0.29, 0.717) is 0 Å². The molecule has 4 N–H and O–H groups in total. The monoisotopic (exact) mass is 394 g/mol. The van der Waals surface area contributed by atoms with Gasteiger partial charge in [-0.25, -0.2) is 9.37 Å². The number of aliphatic hydroxyl groups is 3. The van der Waals surface area contributed by atoms with Gasteiger partial charge in [-0.05, 0) is 18.6 Å². The minimum Gasteiger partial charge on any atom is -0.394 e. The molecule has 2 aromatic heterocycles. The lowest BCUT2D eigenvalue weighted by Gasteiger charge is -2.17. The fourth-order valence-electron chi connectivity index (χ4n) is 2.92. The van der Waals surface area contributed by atoms with E-state index in [1.165, 1.54) is 6.07 Å². The molecule has 1 fully saturated rings. The van der Waals surface area contributed by atoms with Crippen LogP contribution in [0.15, 0.2) is 6.07 Å². The van der Waals surface area contributed by atoms with E-state index in [-0.39, 0.29) is 26.8 Å². The number of nitrogens with zero attached hydrogens (tertiary/aromatic N) is 1. The molecule has 0 saturated carbocycles. The molecule has 0 bridgehead atoms. The predicted octanol–water partition coefficient (Wildman–Crippen LogP) is 1.91. The van der Waals surface area contributed by atoms with Crippen molar-refractivity contribution >= 4 is 23.3 Å². The topological polar surface area (TPSA) is 98.6 Å². The molecule has 1 aliphatic heterocycles. The van der Waals surface area contributed by atoms with Gasteiger partial charge in [0.1, 0.15) is 34.7 Å². The zero-order valence-electron chi connectivity index (χ0n) is 13.2. The highest BCUT2D eigenvalue weighted by molar-refractivity contribution is 7.71. The third-order valence-corrected chi connectivity index (χ3v) is 4.67. The highest BCUT2D eigenvalue weighted by Gasteiger charge is 2.44. The fraction of sp³-hybridized carbons (Fsp3) is 0.467. The summed E-state index contributed by atoms with van der Waals surface area (Å²) in [6.45, 7) is 0.607. The number of fused-ring (bicyclic) bond motifs is 1. The van der Waals surface area contributed by atoms with Gasteiger partial charge in [0.25, 0.3) is 0 Å². The lowest BCUT2D eigenvalue weighted by atomic mass is 10.0. The minimum atomic E-state index is -4.97. The molecule has 6 nitrogen and oxygen atoms in total. The van der Waals surface area contributed by atoms with Gasteiger partial charge >= 0.3 is 6.18 Å². The number of rotatable bonds is 2. The summed E-state index contributed by atoms with van der Waals surface area (Å²) in [5.74, 6) is -1.51. The van der Waals surface area contributed by atoms with Crippen molar-refractivity contribution in [2.24, 2.45) is 0 Å². The maximum absolute atomic E-state index is 14.1. The molecule has 0 radical (unpaired) electrons. The van der Waals surface area contributed by atoms with Crippen LogP contribution in [0.5, 0.6) is 0 Å². The lowest BCUT2D eigenvalue weighted by molar-refractivity contribution is -0.143. The summed E-state index contributed by atoms with van der Waals surface area (Å²) in [7, 11) is 0. The van der Waals surface area contributed by atoms with Gasteiger partial charge in [-0.3, -0.25) is 0 Å². The number of aromatic nitrogens is 2. The molecule has 0 spiro atoms. The van der Waals surface area contributed by atoms with Crippen molar-refractivity contribution in [2.45, 2.75) is 37.5 Å². The van der Waals surface area contributed by atoms with Crippen molar-refractivity contribution in [3.63, 3.8) is 0 Å².